The average molecular weight is 396 g/mol. The van der Waals surface area contributed by atoms with Gasteiger partial charge in [-0.3, -0.25) is 4.79 Å². The first-order chi connectivity index (χ1) is 9.75. The van der Waals surface area contributed by atoms with Crippen LogP contribution in [0.2, 0.25) is 5.02 Å². The molecule has 1 fully saturated rings. The Morgan fingerprint density at radius 2 is 2.19 bits per heavy atom. The summed E-state index contributed by atoms with van der Waals surface area (Å²) in [5.41, 5.74) is 0.243. The predicted molar refractivity (Wildman–Crippen MR) is 84.9 cm³/mol. The molecule has 0 saturated carbocycles. The summed E-state index contributed by atoms with van der Waals surface area (Å²) in [6.07, 6.45) is 2.79. The number of nitrogens with zero attached hydrogens (tertiary/aromatic N) is 1. The van der Waals surface area contributed by atoms with Crippen molar-refractivity contribution >= 4 is 43.5 Å². The van der Waals surface area contributed by atoms with Gasteiger partial charge in [-0.1, -0.05) is 18.5 Å². The number of carbonyl (C=O) groups is 1. The van der Waals surface area contributed by atoms with Crippen LogP contribution in [-0.2, 0) is 10.0 Å². The number of likely N-dealkylation sites (tertiary alicyclic amines) is 1. The number of halogens is 2. The van der Waals surface area contributed by atoms with Crippen molar-refractivity contribution in [3.8, 4) is 0 Å². The number of sulfonamides is 1. The Balaban J connectivity index is 2.45. The summed E-state index contributed by atoms with van der Waals surface area (Å²) in [4.78, 5) is 14.2. The first kappa shape index (κ1) is 16.7. The van der Waals surface area contributed by atoms with Crippen LogP contribution in [0, 0.1) is 0 Å². The summed E-state index contributed by atoms with van der Waals surface area (Å²) in [5, 5.41) is 5.31. The number of nitrogens with two attached hydrogens (primary N) is 1. The van der Waals surface area contributed by atoms with Crippen molar-refractivity contribution in [1.82, 2.24) is 4.90 Å². The van der Waals surface area contributed by atoms with E-state index in [4.69, 9.17) is 16.7 Å². The average Bonchev–Trinajstić information content (AvgIpc) is 2.87. The monoisotopic (exact) mass is 394 g/mol. The largest absolute Gasteiger partial charge is 0.336 e. The van der Waals surface area contributed by atoms with Gasteiger partial charge in [0.05, 0.1) is 14.4 Å². The maximum Gasteiger partial charge on any atom is 0.254 e. The fourth-order valence-corrected chi connectivity index (χ4v) is 4.42. The smallest absolute Gasteiger partial charge is 0.254 e. The van der Waals surface area contributed by atoms with Crippen LogP contribution < -0.4 is 5.14 Å². The van der Waals surface area contributed by atoms with Crippen LogP contribution in [0.5, 0.6) is 0 Å². The molecule has 116 valence electrons. The minimum Gasteiger partial charge on any atom is -0.336 e. The SMILES string of the molecule is CCC1CCCN1C(=O)c1cc(Cl)c(Br)c(S(N)(=O)=O)c1. The minimum absolute atomic E-state index is 0.150. The Morgan fingerprint density at radius 3 is 2.76 bits per heavy atom. The van der Waals surface area contributed by atoms with E-state index in [0.29, 0.717) is 6.54 Å². The third-order valence-corrected chi connectivity index (χ3v) is 6.24. The second-order valence-electron chi connectivity index (χ2n) is 5.02. The van der Waals surface area contributed by atoms with Crippen molar-refractivity contribution in [2.75, 3.05) is 6.54 Å². The van der Waals surface area contributed by atoms with E-state index in [1.807, 2.05) is 6.92 Å². The van der Waals surface area contributed by atoms with Crippen molar-refractivity contribution in [2.45, 2.75) is 37.1 Å². The molecule has 2 N–H and O–H groups in total. The maximum absolute atomic E-state index is 12.6. The number of hydrogen-bond acceptors (Lipinski definition) is 3. The van der Waals surface area contributed by atoms with Crippen LogP contribution in [0.1, 0.15) is 36.5 Å². The number of carbonyl (C=O) groups excluding carboxylic acids is 1. The molecule has 1 aromatic carbocycles. The number of hydrogen-bond donors (Lipinski definition) is 1. The van der Waals surface area contributed by atoms with E-state index in [1.54, 1.807) is 4.90 Å². The van der Waals surface area contributed by atoms with Gasteiger partial charge >= 0.3 is 0 Å². The standard InChI is InChI=1S/C13H16BrClN2O3S/c1-2-9-4-3-5-17(9)13(18)8-6-10(15)12(14)11(7-8)21(16,19)20/h6-7,9H,2-5H2,1H3,(H2,16,19,20). The molecule has 2 rings (SSSR count). The van der Waals surface area contributed by atoms with Gasteiger partial charge in [-0.05, 0) is 47.3 Å². The van der Waals surface area contributed by atoms with Gasteiger partial charge in [0.25, 0.3) is 5.91 Å². The van der Waals surface area contributed by atoms with Gasteiger partial charge in [0.2, 0.25) is 10.0 Å². The molecule has 1 saturated heterocycles. The van der Waals surface area contributed by atoms with E-state index >= 15 is 0 Å². The summed E-state index contributed by atoms with van der Waals surface area (Å²) in [6, 6.07) is 2.93. The van der Waals surface area contributed by atoms with E-state index in [2.05, 4.69) is 15.9 Å². The number of benzene rings is 1. The Labute approximate surface area is 137 Å². The lowest BCUT2D eigenvalue weighted by Gasteiger charge is -2.24. The van der Waals surface area contributed by atoms with Crippen LogP contribution in [-0.4, -0.2) is 31.8 Å². The van der Waals surface area contributed by atoms with Crippen LogP contribution in [0.4, 0.5) is 0 Å². The van der Waals surface area contributed by atoms with E-state index in [1.165, 1.54) is 12.1 Å². The molecule has 5 nitrogen and oxygen atoms in total. The van der Waals surface area contributed by atoms with Gasteiger partial charge in [-0.2, -0.15) is 0 Å². The Kier molecular flexibility index (Phi) is 4.97. The zero-order chi connectivity index (χ0) is 15.8. The van der Waals surface area contributed by atoms with Crippen molar-refractivity contribution < 1.29 is 13.2 Å². The topological polar surface area (TPSA) is 80.5 Å². The Bertz CT molecular complexity index is 678. The van der Waals surface area contributed by atoms with Crippen LogP contribution in [0.25, 0.3) is 0 Å². The molecule has 1 heterocycles. The summed E-state index contributed by atoms with van der Waals surface area (Å²) >= 11 is 9.10. The van der Waals surface area contributed by atoms with Gasteiger partial charge in [-0.15, -0.1) is 0 Å². The van der Waals surface area contributed by atoms with Gasteiger partial charge in [0.15, 0.2) is 0 Å². The lowest BCUT2D eigenvalue weighted by Crippen LogP contribution is -2.35. The van der Waals surface area contributed by atoms with Crippen molar-refractivity contribution in [2.24, 2.45) is 5.14 Å². The van der Waals surface area contributed by atoms with Crippen LogP contribution in [0.3, 0.4) is 0 Å². The second kappa shape index (κ2) is 6.24. The summed E-state index contributed by atoms with van der Waals surface area (Å²) in [7, 11) is -3.96. The minimum atomic E-state index is -3.96. The summed E-state index contributed by atoms with van der Waals surface area (Å²) in [5.74, 6) is -0.210. The van der Waals surface area contributed by atoms with Crippen molar-refractivity contribution in [3.05, 3.63) is 27.2 Å². The van der Waals surface area contributed by atoms with Crippen LogP contribution in [0.15, 0.2) is 21.5 Å². The molecule has 1 amide bonds. The lowest BCUT2D eigenvalue weighted by molar-refractivity contribution is 0.0733. The first-order valence-electron chi connectivity index (χ1n) is 6.58. The zero-order valence-electron chi connectivity index (χ0n) is 11.5. The van der Waals surface area contributed by atoms with Crippen molar-refractivity contribution in [3.63, 3.8) is 0 Å². The summed E-state index contributed by atoms with van der Waals surface area (Å²) < 4.78 is 23.4. The fraction of sp³-hybridized carbons (Fsp3) is 0.462. The first-order valence-corrected chi connectivity index (χ1v) is 9.30. The third-order valence-electron chi connectivity index (χ3n) is 3.66. The highest BCUT2D eigenvalue weighted by Gasteiger charge is 2.29. The molecular formula is C13H16BrClN2O3S. The molecule has 8 heteroatoms. The van der Waals surface area contributed by atoms with E-state index < -0.39 is 10.0 Å². The maximum atomic E-state index is 12.6. The van der Waals surface area contributed by atoms with E-state index in [9.17, 15) is 13.2 Å². The molecule has 1 aliphatic heterocycles. The Morgan fingerprint density at radius 1 is 1.52 bits per heavy atom. The van der Waals surface area contributed by atoms with Gasteiger partial charge in [-0.25, -0.2) is 13.6 Å². The van der Waals surface area contributed by atoms with Crippen molar-refractivity contribution in [1.29, 1.82) is 0 Å². The molecule has 0 spiro atoms. The quantitative estimate of drug-likeness (QED) is 0.854. The molecule has 0 radical (unpaired) electrons. The highest BCUT2D eigenvalue weighted by atomic mass is 79.9. The summed E-state index contributed by atoms with van der Waals surface area (Å²) in [6.45, 7) is 2.70. The second-order valence-corrected chi connectivity index (χ2v) is 7.75. The molecule has 1 aliphatic rings. The third kappa shape index (κ3) is 3.41. The van der Waals surface area contributed by atoms with Gasteiger partial charge in [0, 0.05) is 18.2 Å². The molecule has 0 bridgehead atoms. The highest BCUT2D eigenvalue weighted by Crippen LogP contribution is 2.32. The van der Waals surface area contributed by atoms with E-state index in [0.717, 1.165) is 19.3 Å². The van der Waals surface area contributed by atoms with Gasteiger partial charge in [0.1, 0.15) is 0 Å². The van der Waals surface area contributed by atoms with Crippen LogP contribution >= 0.6 is 27.5 Å². The molecule has 1 unspecified atom stereocenters. The van der Waals surface area contributed by atoms with E-state index in [-0.39, 0.29) is 31.9 Å². The highest BCUT2D eigenvalue weighted by molar-refractivity contribution is 9.10. The molecule has 1 aromatic rings. The fourth-order valence-electron chi connectivity index (χ4n) is 2.59. The Hall–Kier alpha value is -0.630. The zero-order valence-corrected chi connectivity index (χ0v) is 14.6. The predicted octanol–water partition coefficient (Wildman–Crippen LogP) is 2.76. The van der Waals surface area contributed by atoms with Gasteiger partial charge < -0.3 is 4.90 Å². The number of rotatable bonds is 3. The molecule has 21 heavy (non-hydrogen) atoms. The molecular weight excluding hydrogens is 380 g/mol. The normalized spacial score (nSPS) is 19.0. The molecule has 0 aromatic heterocycles. The molecule has 0 aliphatic carbocycles. The number of primary sulfonamides is 1. The molecule has 1 atom stereocenters. The number of amides is 1. The lowest BCUT2D eigenvalue weighted by atomic mass is 10.1.